The van der Waals surface area contributed by atoms with Gasteiger partial charge in [0.15, 0.2) is 4.32 Å². The first-order valence-electron chi connectivity index (χ1n) is 8.04. The van der Waals surface area contributed by atoms with Crippen LogP contribution in [0.4, 0.5) is 5.69 Å². The maximum atomic E-state index is 12.9. The van der Waals surface area contributed by atoms with Crippen molar-refractivity contribution in [2.24, 2.45) is 0 Å². The van der Waals surface area contributed by atoms with Crippen LogP contribution >= 0.6 is 24.0 Å². The van der Waals surface area contributed by atoms with E-state index in [2.05, 4.69) is 12.1 Å². The number of hydrogen-bond acceptors (Lipinski definition) is 3. The average molecular weight is 366 g/mol. The number of anilines is 1. The number of aryl methyl sites for hydroxylation is 2. The molecule has 1 aliphatic rings. The molecule has 25 heavy (non-hydrogen) atoms. The van der Waals surface area contributed by atoms with Crippen molar-refractivity contribution in [1.82, 2.24) is 0 Å². The first kappa shape index (κ1) is 17.6. The molecule has 1 saturated heterocycles. The van der Waals surface area contributed by atoms with E-state index in [9.17, 15) is 4.79 Å². The Balaban J connectivity index is 1.89. The predicted molar refractivity (Wildman–Crippen MR) is 112 cm³/mol. The lowest BCUT2D eigenvalue weighted by atomic mass is 10.1. The summed E-state index contributed by atoms with van der Waals surface area (Å²) >= 11 is 6.82. The van der Waals surface area contributed by atoms with Gasteiger partial charge in [0, 0.05) is 0 Å². The minimum absolute atomic E-state index is 0.0530. The summed E-state index contributed by atoms with van der Waals surface area (Å²) in [7, 11) is 0. The summed E-state index contributed by atoms with van der Waals surface area (Å²) in [6.45, 7) is 6.04. The summed E-state index contributed by atoms with van der Waals surface area (Å²) in [5.41, 5.74) is 5.22. The lowest BCUT2D eigenvalue weighted by Crippen LogP contribution is -2.28. The van der Waals surface area contributed by atoms with Crippen LogP contribution in [0, 0.1) is 13.8 Å². The van der Waals surface area contributed by atoms with Gasteiger partial charge < -0.3 is 0 Å². The second-order valence-corrected chi connectivity index (χ2v) is 7.78. The summed E-state index contributed by atoms with van der Waals surface area (Å²) in [5, 5.41) is 0. The molecule has 0 radical (unpaired) electrons. The summed E-state index contributed by atoms with van der Waals surface area (Å²) in [6, 6.07) is 16.1. The Bertz CT molecular complexity index is 897. The molecule has 126 valence electrons. The zero-order chi connectivity index (χ0) is 18.0. The first-order valence-corrected chi connectivity index (χ1v) is 9.27. The SMILES string of the molecule is CC(=Cc1ccccc1)C=C1SC(=S)N(c2ccc(C)cc2C)C1=O. The number of benzene rings is 2. The van der Waals surface area contributed by atoms with Gasteiger partial charge in [0.05, 0.1) is 10.6 Å². The number of carbonyl (C=O) groups excluding carboxylic acids is 1. The molecule has 3 rings (SSSR count). The summed E-state index contributed by atoms with van der Waals surface area (Å²) in [4.78, 5) is 15.2. The molecular formula is C21H19NOS2. The number of carbonyl (C=O) groups is 1. The van der Waals surface area contributed by atoms with E-state index in [1.807, 2.05) is 69.3 Å². The van der Waals surface area contributed by atoms with Gasteiger partial charge >= 0.3 is 0 Å². The van der Waals surface area contributed by atoms with Gasteiger partial charge in [0.25, 0.3) is 5.91 Å². The van der Waals surface area contributed by atoms with Crippen LogP contribution in [0.25, 0.3) is 6.08 Å². The van der Waals surface area contributed by atoms with E-state index in [1.54, 1.807) is 4.90 Å². The van der Waals surface area contributed by atoms with E-state index < -0.39 is 0 Å². The van der Waals surface area contributed by atoms with Crippen molar-refractivity contribution in [1.29, 1.82) is 0 Å². The summed E-state index contributed by atoms with van der Waals surface area (Å²) in [6.07, 6.45) is 3.97. The minimum Gasteiger partial charge on any atom is -0.268 e. The second-order valence-electron chi connectivity index (χ2n) is 6.11. The Kier molecular flexibility index (Phi) is 5.21. The van der Waals surface area contributed by atoms with Gasteiger partial charge in [-0.25, -0.2) is 0 Å². The molecule has 2 aromatic carbocycles. The molecule has 0 atom stereocenters. The van der Waals surface area contributed by atoms with E-state index in [0.717, 1.165) is 22.4 Å². The quantitative estimate of drug-likeness (QED) is 0.517. The molecule has 2 aromatic rings. The van der Waals surface area contributed by atoms with Crippen molar-refractivity contribution in [2.45, 2.75) is 20.8 Å². The zero-order valence-corrected chi connectivity index (χ0v) is 16.1. The summed E-state index contributed by atoms with van der Waals surface area (Å²) < 4.78 is 0.579. The van der Waals surface area contributed by atoms with Crippen molar-refractivity contribution in [3.05, 3.63) is 81.8 Å². The molecule has 0 saturated carbocycles. The van der Waals surface area contributed by atoms with Crippen LogP contribution in [0.3, 0.4) is 0 Å². The van der Waals surface area contributed by atoms with Gasteiger partial charge in [-0.15, -0.1) is 0 Å². The molecule has 1 heterocycles. The third kappa shape index (κ3) is 3.91. The molecule has 1 amide bonds. The van der Waals surface area contributed by atoms with Crippen LogP contribution in [0.5, 0.6) is 0 Å². The van der Waals surface area contributed by atoms with Crippen molar-refractivity contribution in [2.75, 3.05) is 4.90 Å². The molecular weight excluding hydrogens is 346 g/mol. The molecule has 0 bridgehead atoms. The maximum Gasteiger partial charge on any atom is 0.270 e. The van der Waals surface area contributed by atoms with Crippen LogP contribution in [0.2, 0.25) is 0 Å². The molecule has 0 aromatic heterocycles. The highest BCUT2D eigenvalue weighted by atomic mass is 32.2. The molecule has 1 fully saturated rings. The second kappa shape index (κ2) is 7.38. The normalized spacial score (nSPS) is 16.8. The van der Waals surface area contributed by atoms with Crippen molar-refractivity contribution < 1.29 is 4.79 Å². The number of hydrogen-bond donors (Lipinski definition) is 0. The number of thiocarbonyl (C=S) groups is 1. The van der Waals surface area contributed by atoms with E-state index in [0.29, 0.717) is 9.23 Å². The Morgan fingerprint density at radius 2 is 1.84 bits per heavy atom. The van der Waals surface area contributed by atoms with Crippen LogP contribution in [-0.4, -0.2) is 10.2 Å². The Labute approximate surface area is 158 Å². The van der Waals surface area contributed by atoms with Gasteiger partial charge in [0.1, 0.15) is 0 Å². The molecule has 1 aliphatic heterocycles. The molecule has 0 spiro atoms. The average Bonchev–Trinajstić information content (AvgIpc) is 2.83. The number of nitrogens with zero attached hydrogens (tertiary/aromatic N) is 1. The number of allylic oxidation sites excluding steroid dienone is 2. The fourth-order valence-electron chi connectivity index (χ4n) is 2.79. The Hall–Kier alpha value is -2.17. The largest absolute Gasteiger partial charge is 0.270 e. The molecule has 2 nitrogen and oxygen atoms in total. The van der Waals surface area contributed by atoms with Gasteiger partial charge in [-0.05, 0) is 49.6 Å². The van der Waals surface area contributed by atoms with Crippen molar-refractivity contribution in [3.63, 3.8) is 0 Å². The summed E-state index contributed by atoms with van der Waals surface area (Å²) in [5.74, 6) is -0.0530. The van der Waals surface area contributed by atoms with Crippen LogP contribution < -0.4 is 4.90 Å². The fraction of sp³-hybridized carbons (Fsp3) is 0.143. The third-order valence-corrected chi connectivity index (χ3v) is 5.24. The van der Waals surface area contributed by atoms with Crippen LogP contribution in [0.1, 0.15) is 23.6 Å². The van der Waals surface area contributed by atoms with E-state index >= 15 is 0 Å². The van der Waals surface area contributed by atoms with Crippen molar-refractivity contribution in [3.8, 4) is 0 Å². The molecule has 0 aliphatic carbocycles. The number of amides is 1. The Morgan fingerprint density at radius 1 is 1.12 bits per heavy atom. The molecule has 4 heteroatoms. The zero-order valence-electron chi connectivity index (χ0n) is 14.4. The molecule has 0 N–H and O–H groups in total. The molecule has 0 unspecified atom stereocenters. The minimum atomic E-state index is -0.0530. The topological polar surface area (TPSA) is 20.3 Å². The van der Waals surface area contributed by atoms with Crippen molar-refractivity contribution >= 4 is 46.0 Å². The smallest absolute Gasteiger partial charge is 0.268 e. The third-order valence-electron chi connectivity index (χ3n) is 3.94. The van der Waals surface area contributed by atoms with Gasteiger partial charge in [-0.3, -0.25) is 9.69 Å². The first-order chi connectivity index (χ1) is 12.0. The predicted octanol–water partition coefficient (Wildman–Crippen LogP) is 5.66. The van der Waals surface area contributed by atoms with E-state index in [4.69, 9.17) is 12.2 Å². The van der Waals surface area contributed by atoms with Crippen LogP contribution in [-0.2, 0) is 4.79 Å². The lowest BCUT2D eigenvalue weighted by Gasteiger charge is -2.17. The Morgan fingerprint density at radius 3 is 2.52 bits per heavy atom. The number of thioether (sulfide) groups is 1. The monoisotopic (exact) mass is 365 g/mol. The fourth-order valence-corrected chi connectivity index (χ4v) is 4.13. The maximum absolute atomic E-state index is 12.9. The van der Waals surface area contributed by atoms with Gasteiger partial charge in [0.2, 0.25) is 0 Å². The van der Waals surface area contributed by atoms with Crippen LogP contribution in [0.15, 0.2) is 65.1 Å². The highest BCUT2D eigenvalue weighted by molar-refractivity contribution is 8.27. The highest BCUT2D eigenvalue weighted by Gasteiger charge is 2.33. The number of rotatable bonds is 3. The van der Waals surface area contributed by atoms with Gasteiger partial charge in [-0.1, -0.05) is 78.1 Å². The highest BCUT2D eigenvalue weighted by Crippen LogP contribution is 2.37. The van der Waals surface area contributed by atoms with E-state index in [1.165, 1.54) is 17.3 Å². The van der Waals surface area contributed by atoms with E-state index in [-0.39, 0.29) is 5.91 Å². The van der Waals surface area contributed by atoms with Gasteiger partial charge in [-0.2, -0.15) is 0 Å². The lowest BCUT2D eigenvalue weighted by molar-refractivity contribution is -0.113. The standard InChI is InChI=1S/C21H19NOS2/c1-14-9-10-18(16(3)11-14)22-20(23)19(25-21(22)24)13-15(2)12-17-7-5-4-6-8-17/h4-13H,1-3H3.